The molecule has 3 rings (SSSR count). The molecule has 0 spiro atoms. The van der Waals surface area contributed by atoms with Gasteiger partial charge in [-0.2, -0.15) is 0 Å². The highest BCUT2D eigenvalue weighted by molar-refractivity contribution is 9.10. The van der Waals surface area contributed by atoms with Crippen molar-refractivity contribution in [3.8, 4) is 11.1 Å². The van der Waals surface area contributed by atoms with E-state index in [1.54, 1.807) is 0 Å². The molecule has 1 nitrogen and oxygen atoms in total. The molecule has 2 aromatic carbocycles. The number of halogens is 2. The highest BCUT2D eigenvalue weighted by Crippen LogP contribution is 2.56. The molecule has 2 atom stereocenters. The molecule has 212 valence electrons. The predicted molar refractivity (Wildman–Crippen MR) is 173 cm³/mol. The van der Waals surface area contributed by atoms with E-state index in [9.17, 15) is 5.11 Å². The van der Waals surface area contributed by atoms with Gasteiger partial charge in [0.2, 0.25) is 0 Å². The molecule has 0 saturated heterocycles. The van der Waals surface area contributed by atoms with E-state index in [0.29, 0.717) is 0 Å². The number of unbranched alkanes of at least 4 members (excludes halogenated alkanes) is 12. The van der Waals surface area contributed by atoms with Crippen LogP contribution < -0.4 is 0 Å². The van der Waals surface area contributed by atoms with Crippen LogP contribution in [0, 0.1) is 0 Å². The monoisotopic (exact) mass is 646 g/mol. The summed E-state index contributed by atoms with van der Waals surface area (Å²) in [5, 5.41) is 12.2. The molecule has 1 N–H and O–H groups in total. The average Bonchev–Trinajstić information content (AvgIpc) is 3.17. The van der Waals surface area contributed by atoms with E-state index < -0.39 is 0 Å². The third-order valence-electron chi connectivity index (χ3n) is 8.77. The lowest BCUT2D eigenvalue weighted by molar-refractivity contribution is 0.0855. The SMILES string of the molecule is CCCCCCCCC(O)C1(CCCCCCCC)c2cc(Br)ccc2-c2c(CCCCC)cc(Br)cc21. The smallest absolute Gasteiger partial charge is 0.0677 e. The molecular formula is C35H52Br2O. The number of aliphatic hydroxyl groups is 1. The second-order valence-electron chi connectivity index (χ2n) is 11.7. The van der Waals surface area contributed by atoms with Gasteiger partial charge in [-0.3, -0.25) is 0 Å². The number of aliphatic hydroxyl groups excluding tert-OH is 1. The molecule has 0 amide bonds. The van der Waals surface area contributed by atoms with Crippen LogP contribution in [0.5, 0.6) is 0 Å². The maximum absolute atomic E-state index is 12.2. The Bertz CT molecular complexity index is 984. The normalized spacial score (nSPS) is 17.0. The molecule has 3 heteroatoms. The Labute approximate surface area is 250 Å². The molecule has 0 fully saturated rings. The van der Waals surface area contributed by atoms with Gasteiger partial charge in [0.05, 0.1) is 6.10 Å². The van der Waals surface area contributed by atoms with E-state index >= 15 is 0 Å². The van der Waals surface area contributed by atoms with E-state index in [-0.39, 0.29) is 11.5 Å². The molecular weight excluding hydrogens is 596 g/mol. The topological polar surface area (TPSA) is 20.2 Å². The van der Waals surface area contributed by atoms with Crippen LogP contribution in [0.1, 0.15) is 147 Å². The molecule has 0 saturated carbocycles. The van der Waals surface area contributed by atoms with Crippen LogP contribution in [0.25, 0.3) is 11.1 Å². The van der Waals surface area contributed by atoms with Gasteiger partial charge in [0, 0.05) is 14.4 Å². The zero-order valence-electron chi connectivity index (χ0n) is 24.4. The fraction of sp³-hybridized carbons (Fsp3) is 0.657. The molecule has 0 bridgehead atoms. The van der Waals surface area contributed by atoms with Crippen molar-refractivity contribution in [2.24, 2.45) is 0 Å². The maximum atomic E-state index is 12.2. The van der Waals surface area contributed by atoms with Crippen molar-refractivity contribution in [2.75, 3.05) is 0 Å². The quantitative estimate of drug-likeness (QED) is 0.150. The van der Waals surface area contributed by atoms with Crippen molar-refractivity contribution < 1.29 is 5.11 Å². The second kappa shape index (κ2) is 16.6. The van der Waals surface area contributed by atoms with Crippen molar-refractivity contribution in [3.63, 3.8) is 0 Å². The Morgan fingerprint density at radius 1 is 0.658 bits per heavy atom. The first-order chi connectivity index (χ1) is 18.5. The summed E-state index contributed by atoms with van der Waals surface area (Å²) < 4.78 is 2.28. The highest BCUT2D eigenvalue weighted by Gasteiger charge is 2.48. The van der Waals surface area contributed by atoms with Gasteiger partial charge < -0.3 is 5.11 Å². The van der Waals surface area contributed by atoms with Gasteiger partial charge in [-0.15, -0.1) is 0 Å². The van der Waals surface area contributed by atoms with Crippen LogP contribution in [0.3, 0.4) is 0 Å². The summed E-state index contributed by atoms with van der Waals surface area (Å²) in [6, 6.07) is 11.5. The Balaban J connectivity index is 1.99. The van der Waals surface area contributed by atoms with E-state index in [1.807, 2.05) is 0 Å². The summed E-state index contributed by atoms with van der Waals surface area (Å²) in [6.07, 6.45) is 21.6. The molecule has 1 aliphatic rings. The van der Waals surface area contributed by atoms with Gasteiger partial charge in [-0.25, -0.2) is 0 Å². The second-order valence-corrected chi connectivity index (χ2v) is 13.5. The molecule has 2 aromatic rings. The number of rotatable bonds is 19. The Kier molecular flexibility index (Phi) is 13.9. The minimum atomic E-state index is -0.364. The molecule has 38 heavy (non-hydrogen) atoms. The highest BCUT2D eigenvalue weighted by atomic mass is 79.9. The van der Waals surface area contributed by atoms with Crippen LogP contribution in [0.4, 0.5) is 0 Å². The summed E-state index contributed by atoms with van der Waals surface area (Å²) >= 11 is 7.69. The first-order valence-corrected chi connectivity index (χ1v) is 17.4. The standard InChI is InChI=1S/C35H52Br2O/c1-4-7-10-12-14-17-20-33(38)35(23-18-15-13-11-8-5-2)31-25-28(36)21-22-30(31)34-27(19-16-9-6-3)24-29(37)26-32(34)35/h21-22,24-26,33,38H,4-20,23H2,1-3H3. The molecule has 2 unspecified atom stereocenters. The fourth-order valence-electron chi connectivity index (χ4n) is 6.69. The largest absolute Gasteiger partial charge is 0.392 e. The number of hydrogen-bond donors (Lipinski definition) is 1. The van der Waals surface area contributed by atoms with Gasteiger partial charge in [-0.1, -0.05) is 149 Å². The van der Waals surface area contributed by atoms with E-state index in [1.165, 1.54) is 118 Å². The number of hydrogen-bond acceptors (Lipinski definition) is 1. The van der Waals surface area contributed by atoms with Crippen LogP contribution in [-0.2, 0) is 11.8 Å². The number of aryl methyl sites for hydroxylation is 1. The molecule has 0 aromatic heterocycles. The molecule has 0 heterocycles. The molecule has 0 radical (unpaired) electrons. The lowest BCUT2D eigenvalue weighted by atomic mass is 9.68. The first-order valence-electron chi connectivity index (χ1n) is 15.8. The van der Waals surface area contributed by atoms with E-state index in [0.717, 1.165) is 34.6 Å². The predicted octanol–water partition coefficient (Wildman–Crippen LogP) is 12.1. The molecule has 0 aliphatic heterocycles. The first kappa shape index (κ1) is 31.9. The lowest BCUT2D eigenvalue weighted by Gasteiger charge is -2.38. The summed E-state index contributed by atoms with van der Waals surface area (Å²) in [5.74, 6) is 0. The van der Waals surface area contributed by atoms with Crippen molar-refractivity contribution in [2.45, 2.75) is 148 Å². The minimum Gasteiger partial charge on any atom is -0.392 e. The summed E-state index contributed by atoms with van der Waals surface area (Å²) in [4.78, 5) is 0. The van der Waals surface area contributed by atoms with Crippen molar-refractivity contribution in [3.05, 3.63) is 56.0 Å². The summed E-state index contributed by atoms with van der Waals surface area (Å²) in [7, 11) is 0. The van der Waals surface area contributed by atoms with Crippen molar-refractivity contribution >= 4 is 31.9 Å². The van der Waals surface area contributed by atoms with Crippen LogP contribution in [0.2, 0.25) is 0 Å². The Morgan fingerprint density at radius 2 is 1.24 bits per heavy atom. The van der Waals surface area contributed by atoms with Gasteiger partial charge >= 0.3 is 0 Å². The van der Waals surface area contributed by atoms with Gasteiger partial charge in [0.1, 0.15) is 0 Å². The van der Waals surface area contributed by atoms with Gasteiger partial charge in [-0.05, 0) is 77.8 Å². The minimum absolute atomic E-state index is 0.327. The Hall–Kier alpha value is -0.640. The summed E-state index contributed by atoms with van der Waals surface area (Å²) in [5.41, 5.74) is 6.62. The summed E-state index contributed by atoms with van der Waals surface area (Å²) in [6.45, 7) is 6.84. The van der Waals surface area contributed by atoms with E-state index in [4.69, 9.17) is 0 Å². The molecule has 1 aliphatic carbocycles. The number of benzene rings is 2. The maximum Gasteiger partial charge on any atom is 0.0677 e. The van der Waals surface area contributed by atoms with Gasteiger partial charge in [0.15, 0.2) is 0 Å². The van der Waals surface area contributed by atoms with Crippen LogP contribution in [0.15, 0.2) is 39.3 Å². The van der Waals surface area contributed by atoms with Crippen LogP contribution in [-0.4, -0.2) is 11.2 Å². The number of fused-ring (bicyclic) bond motifs is 3. The Morgan fingerprint density at radius 3 is 1.92 bits per heavy atom. The third kappa shape index (κ3) is 7.97. The lowest BCUT2D eigenvalue weighted by Crippen LogP contribution is -2.39. The van der Waals surface area contributed by atoms with Gasteiger partial charge in [0.25, 0.3) is 0 Å². The van der Waals surface area contributed by atoms with Crippen molar-refractivity contribution in [1.29, 1.82) is 0 Å². The zero-order valence-corrected chi connectivity index (χ0v) is 27.6. The average molecular weight is 649 g/mol. The van der Waals surface area contributed by atoms with Crippen molar-refractivity contribution in [1.82, 2.24) is 0 Å². The van der Waals surface area contributed by atoms with Crippen LogP contribution >= 0.6 is 31.9 Å². The van der Waals surface area contributed by atoms with E-state index in [2.05, 4.69) is 83.0 Å². The zero-order chi connectivity index (χ0) is 27.4. The fourth-order valence-corrected chi connectivity index (χ4v) is 7.55. The third-order valence-corrected chi connectivity index (χ3v) is 9.72.